The molecule has 0 bridgehead atoms. The summed E-state index contributed by atoms with van der Waals surface area (Å²) in [5.41, 5.74) is -0.0187. The van der Waals surface area contributed by atoms with Gasteiger partial charge in [0.2, 0.25) is 0 Å². The minimum absolute atomic E-state index is 0.0868. The number of unbranched alkanes of at least 4 members (excludes halogenated alkanes) is 2. The molecule has 1 atom stereocenters. The number of anilines is 1. The molecule has 24 heavy (non-hydrogen) atoms. The Bertz CT molecular complexity index is 484. The highest BCUT2D eigenvalue weighted by Crippen LogP contribution is 2.23. The van der Waals surface area contributed by atoms with Gasteiger partial charge in [-0.05, 0) is 50.5 Å². The molecule has 4 nitrogen and oxygen atoms in total. The van der Waals surface area contributed by atoms with Crippen LogP contribution >= 0.6 is 0 Å². The predicted molar refractivity (Wildman–Crippen MR) is 99.6 cm³/mol. The second-order valence-corrected chi connectivity index (χ2v) is 6.80. The quantitative estimate of drug-likeness (QED) is 0.577. The standard InChI is InChI=1S/C20H33NO3/c1-6-8-9-14-20(5,24-7-2)19(22)21-17-10-12-18(13-11-17)23-15-16(3)4/h10-13,16H,6-9,14-15H2,1-5H3,(H,21,22). The van der Waals surface area contributed by atoms with Gasteiger partial charge < -0.3 is 14.8 Å². The molecule has 1 aromatic carbocycles. The molecule has 1 unspecified atom stereocenters. The van der Waals surface area contributed by atoms with Crippen LogP contribution < -0.4 is 10.1 Å². The van der Waals surface area contributed by atoms with E-state index in [9.17, 15) is 4.79 Å². The Balaban J connectivity index is 2.65. The molecule has 0 aliphatic rings. The normalized spacial score (nSPS) is 13.6. The number of ether oxygens (including phenoxy) is 2. The second-order valence-electron chi connectivity index (χ2n) is 6.80. The van der Waals surface area contributed by atoms with E-state index in [0.717, 1.165) is 37.1 Å². The predicted octanol–water partition coefficient (Wildman–Crippen LogP) is 5.04. The maximum Gasteiger partial charge on any atom is 0.256 e. The first-order chi connectivity index (χ1) is 11.4. The summed E-state index contributed by atoms with van der Waals surface area (Å²) in [7, 11) is 0. The van der Waals surface area contributed by atoms with Crippen LogP contribution in [-0.2, 0) is 9.53 Å². The largest absolute Gasteiger partial charge is 0.493 e. The van der Waals surface area contributed by atoms with E-state index in [1.807, 2.05) is 38.1 Å². The van der Waals surface area contributed by atoms with Crippen molar-refractivity contribution in [2.45, 2.75) is 65.9 Å². The molecular formula is C20H33NO3. The number of benzene rings is 1. The SMILES string of the molecule is CCCCCC(C)(OCC)C(=O)Nc1ccc(OCC(C)C)cc1. The van der Waals surface area contributed by atoms with E-state index < -0.39 is 5.60 Å². The lowest BCUT2D eigenvalue weighted by molar-refractivity contribution is -0.139. The Hall–Kier alpha value is -1.55. The van der Waals surface area contributed by atoms with Crippen LogP contribution in [0, 0.1) is 5.92 Å². The van der Waals surface area contributed by atoms with Crippen molar-refractivity contribution in [3.05, 3.63) is 24.3 Å². The van der Waals surface area contributed by atoms with Crippen molar-refractivity contribution in [2.24, 2.45) is 5.92 Å². The summed E-state index contributed by atoms with van der Waals surface area (Å²) < 4.78 is 11.4. The number of carbonyl (C=O) groups excluding carboxylic acids is 1. The molecule has 0 aliphatic heterocycles. The topological polar surface area (TPSA) is 47.6 Å². The lowest BCUT2D eigenvalue weighted by atomic mass is 9.96. The molecule has 0 heterocycles. The van der Waals surface area contributed by atoms with Crippen LogP contribution in [0.3, 0.4) is 0 Å². The van der Waals surface area contributed by atoms with Gasteiger partial charge in [-0.2, -0.15) is 0 Å². The molecule has 0 saturated heterocycles. The summed E-state index contributed by atoms with van der Waals surface area (Å²) >= 11 is 0. The molecule has 0 fully saturated rings. The van der Waals surface area contributed by atoms with E-state index in [1.165, 1.54) is 0 Å². The second kappa shape index (κ2) is 10.3. The van der Waals surface area contributed by atoms with Crippen molar-refractivity contribution >= 4 is 11.6 Å². The van der Waals surface area contributed by atoms with Crippen molar-refractivity contribution in [1.82, 2.24) is 0 Å². The Kier molecular flexibility index (Phi) is 8.83. The van der Waals surface area contributed by atoms with Gasteiger partial charge in [-0.25, -0.2) is 0 Å². The Morgan fingerprint density at radius 3 is 2.38 bits per heavy atom. The number of hydrogen-bond acceptors (Lipinski definition) is 3. The average molecular weight is 335 g/mol. The maximum atomic E-state index is 12.7. The highest BCUT2D eigenvalue weighted by Gasteiger charge is 2.33. The van der Waals surface area contributed by atoms with E-state index in [1.54, 1.807) is 0 Å². The monoisotopic (exact) mass is 335 g/mol. The molecule has 1 rings (SSSR count). The van der Waals surface area contributed by atoms with E-state index in [0.29, 0.717) is 19.1 Å². The fraction of sp³-hybridized carbons (Fsp3) is 0.650. The molecule has 136 valence electrons. The fourth-order valence-electron chi connectivity index (χ4n) is 2.44. The van der Waals surface area contributed by atoms with Gasteiger partial charge >= 0.3 is 0 Å². The van der Waals surface area contributed by atoms with Crippen molar-refractivity contribution in [3.63, 3.8) is 0 Å². The first-order valence-electron chi connectivity index (χ1n) is 9.09. The molecule has 0 aromatic heterocycles. The first-order valence-corrected chi connectivity index (χ1v) is 9.09. The zero-order chi connectivity index (χ0) is 18.0. The molecule has 1 aromatic rings. The lowest BCUT2D eigenvalue weighted by Gasteiger charge is -2.28. The molecular weight excluding hydrogens is 302 g/mol. The number of nitrogens with one attached hydrogen (secondary N) is 1. The van der Waals surface area contributed by atoms with Gasteiger partial charge in [0, 0.05) is 12.3 Å². The van der Waals surface area contributed by atoms with E-state index in [4.69, 9.17) is 9.47 Å². The van der Waals surface area contributed by atoms with Crippen LogP contribution in [0.4, 0.5) is 5.69 Å². The van der Waals surface area contributed by atoms with E-state index >= 15 is 0 Å². The number of hydrogen-bond donors (Lipinski definition) is 1. The van der Waals surface area contributed by atoms with Gasteiger partial charge in [-0.15, -0.1) is 0 Å². The van der Waals surface area contributed by atoms with Gasteiger partial charge in [-0.1, -0.05) is 40.0 Å². The number of rotatable bonds is 11. The number of amides is 1. The summed E-state index contributed by atoms with van der Waals surface area (Å²) in [6.45, 7) is 11.4. The van der Waals surface area contributed by atoms with Crippen molar-refractivity contribution in [1.29, 1.82) is 0 Å². The minimum atomic E-state index is -0.781. The van der Waals surface area contributed by atoms with Crippen LogP contribution in [0.15, 0.2) is 24.3 Å². The summed E-state index contributed by atoms with van der Waals surface area (Å²) in [5.74, 6) is 1.22. The molecule has 4 heteroatoms. The molecule has 0 spiro atoms. The highest BCUT2D eigenvalue weighted by molar-refractivity contribution is 5.97. The van der Waals surface area contributed by atoms with Crippen LogP contribution in [0.5, 0.6) is 5.75 Å². The third-order valence-electron chi connectivity index (χ3n) is 3.90. The van der Waals surface area contributed by atoms with Crippen LogP contribution in [0.1, 0.15) is 60.3 Å². The lowest BCUT2D eigenvalue weighted by Crippen LogP contribution is -2.42. The van der Waals surface area contributed by atoms with Gasteiger partial charge in [0.1, 0.15) is 11.4 Å². The number of carbonyl (C=O) groups is 1. The minimum Gasteiger partial charge on any atom is -0.493 e. The summed E-state index contributed by atoms with van der Waals surface area (Å²) in [5, 5.41) is 2.97. The first kappa shape index (κ1) is 20.5. The molecule has 0 radical (unpaired) electrons. The molecule has 0 aliphatic carbocycles. The smallest absolute Gasteiger partial charge is 0.256 e. The highest BCUT2D eigenvalue weighted by atomic mass is 16.5. The molecule has 1 amide bonds. The van der Waals surface area contributed by atoms with E-state index in [-0.39, 0.29) is 5.91 Å². The zero-order valence-electron chi connectivity index (χ0n) is 15.9. The Morgan fingerprint density at radius 1 is 1.17 bits per heavy atom. The average Bonchev–Trinajstić information content (AvgIpc) is 2.54. The molecule has 0 saturated carbocycles. The van der Waals surface area contributed by atoms with Gasteiger partial charge in [-0.3, -0.25) is 4.79 Å². The summed E-state index contributed by atoms with van der Waals surface area (Å²) in [6.07, 6.45) is 3.96. The fourth-order valence-corrected chi connectivity index (χ4v) is 2.44. The summed E-state index contributed by atoms with van der Waals surface area (Å²) in [6, 6.07) is 7.50. The van der Waals surface area contributed by atoms with Crippen molar-refractivity contribution in [3.8, 4) is 5.75 Å². The van der Waals surface area contributed by atoms with Crippen molar-refractivity contribution < 1.29 is 14.3 Å². The third kappa shape index (κ3) is 6.91. The van der Waals surface area contributed by atoms with Crippen LogP contribution in [-0.4, -0.2) is 24.7 Å². The zero-order valence-corrected chi connectivity index (χ0v) is 15.9. The van der Waals surface area contributed by atoms with Gasteiger partial charge in [0.15, 0.2) is 0 Å². The van der Waals surface area contributed by atoms with Gasteiger partial charge in [0.05, 0.1) is 6.61 Å². The Morgan fingerprint density at radius 2 is 1.83 bits per heavy atom. The third-order valence-corrected chi connectivity index (χ3v) is 3.90. The van der Waals surface area contributed by atoms with Crippen LogP contribution in [0.2, 0.25) is 0 Å². The van der Waals surface area contributed by atoms with E-state index in [2.05, 4.69) is 26.1 Å². The van der Waals surface area contributed by atoms with Crippen molar-refractivity contribution in [2.75, 3.05) is 18.5 Å². The molecule has 1 N–H and O–H groups in total. The maximum absolute atomic E-state index is 12.7. The van der Waals surface area contributed by atoms with Gasteiger partial charge in [0.25, 0.3) is 5.91 Å². The Labute approximate surface area is 146 Å². The van der Waals surface area contributed by atoms with Crippen LogP contribution in [0.25, 0.3) is 0 Å². The summed E-state index contributed by atoms with van der Waals surface area (Å²) in [4.78, 5) is 12.7.